The molecule has 1 saturated carbocycles. The van der Waals surface area contributed by atoms with E-state index < -0.39 is 12.0 Å². The van der Waals surface area contributed by atoms with Gasteiger partial charge in [-0.1, -0.05) is 19.8 Å². The van der Waals surface area contributed by atoms with Crippen molar-refractivity contribution in [2.24, 2.45) is 0 Å². The van der Waals surface area contributed by atoms with Crippen molar-refractivity contribution in [2.75, 3.05) is 13.1 Å². The van der Waals surface area contributed by atoms with Crippen LogP contribution in [0, 0.1) is 0 Å². The predicted octanol–water partition coefficient (Wildman–Crippen LogP) is 1.17. The van der Waals surface area contributed by atoms with Gasteiger partial charge in [0.15, 0.2) is 0 Å². The highest BCUT2D eigenvalue weighted by molar-refractivity contribution is 5.82. The van der Waals surface area contributed by atoms with Crippen LogP contribution in [0.3, 0.4) is 0 Å². The number of aliphatic carboxylic acids is 1. The third-order valence-electron chi connectivity index (χ3n) is 4.07. The van der Waals surface area contributed by atoms with Crippen LogP contribution in [-0.4, -0.2) is 53.2 Å². The number of hydrogen-bond donors (Lipinski definition) is 3. The molecule has 3 N–H and O–H groups in total. The average molecular weight is 283 g/mol. The van der Waals surface area contributed by atoms with E-state index in [2.05, 4.69) is 15.5 Å². The van der Waals surface area contributed by atoms with Gasteiger partial charge in [0.2, 0.25) is 0 Å². The predicted molar refractivity (Wildman–Crippen MR) is 75.6 cm³/mol. The molecule has 2 rings (SSSR count). The van der Waals surface area contributed by atoms with Gasteiger partial charge in [0.1, 0.15) is 6.04 Å². The van der Waals surface area contributed by atoms with E-state index in [4.69, 9.17) is 5.11 Å². The van der Waals surface area contributed by atoms with E-state index in [1.165, 1.54) is 12.8 Å². The number of unbranched alkanes of at least 4 members (excludes halogenated alkanes) is 1. The van der Waals surface area contributed by atoms with E-state index in [9.17, 15) is 9.59 Å². The number of amides is 2. The Kier molecular flexibility index (Phi) is 5.23. The summed E-state index contributed by atoms with van der Waals surface area (Å²) in [6.45, 7) is 3.93. The quantitative estimate of drug-likeness (QED) is 0.655. The molecule has 0 radical (unpaired) electrons. The van der Waals surface area contributed by atoms with Crippen LogP contribution in [0.4, 0.5) is 4.79 Å². The molecular formula is C14H25N3O3. The number of hydrogen-bond acceptors (Lipinski definition) is 3. The maximum atomic E-state index is 11.9. The van der Waals surface area contributed by atoms with Gasteiger partial charge in [-0.3, -0.25) is 4.90 Å². The average Bonchev–Trinajstić information content (AvgIpc) is 3.15. The van der Waals surface area contributed by atoms with Crippen molar-refractivity contribution in [3.63, 3.8) is 0 Å². The van der Waals surface area contributed by atoms with Gasteiger partial charge >= 0.3 is 12.0 Å². The van der Waals surface area contributed by atoms with Gasteiger partial charge in [0, 0.05) is 25.2 Å². The number of carboxylic acid groups (broad SMARTS) is 1. The van der Waals surface area contributed by atoms with Gasteiger partial charge in [-0.25, -0.2) is 9.59 Å². The largest absolute Gasteiger partial charge is 0.480 e. The molecule has 2 amide bonds. The minimum Gasteiger partial charge on any atom is -0.480 e. The fourth-order valence-corrected chi connectivity index (χ4v) is 2.73. The Morgan fingerprint density at radius 3 is 2.70 bits per heavy atom. The first-order chi connectivity index (χ1) is 9.60. The van der Waals surface area contributed by atoms with Gasteiger partial charge in [-0.15, -0.1) is 0 Å². The Balaban J connectivity index is 1.71. The standard InChI is InChI=1S/C14H25N3O3/c1-2-3-4-12(13(18)19)16-14(20)15-10-7-8-17(9-10)11-5-6-11/h10-12H,2-9H2,1H3,(H,18,19)(H2,15,16,20). The molecule has 2 atom stereocenters. The van der Waals surface area contributed by atoms with E-state index >= 15 is 0 Å². The fourth-order valence-electron chi connectivity index (χ4n) is 2.73. The molecule has 114 valence electrons. The number of carbonyl (C=O) groups excluding carboxylic acids is 1. The summed E-state index contributed by atoms with van der Waals surface area (Å²) in [6.07, 6.45) is 5.71. The number of nitrogens with zero attached hydrogens (tertiary/aromatic N) is 1. The molecule has 2 unspecified atom stereocenters. The third kappa shape index (κ3) is 4.37. The lowest BCUT2D eigenvalue weighted by atomic mass is 10.1. The van der Waals surface area contributed by atoms with Crippen LogP contribution in [0.2, 0.25) is 0 Å². The Labute approximate surface area is 119 Å². The highest BCUT2D eigenvalue weighted by Crippen LogP contribution is 2.29. The summed E-state index contributed by atoms with van der Waals surface area (Å²) in [4.78, 5) is 25.4. The Morgan fingerprint density at radius 1 is 1.35 bits per heavy atom. The van der Waals surface area contributed by atoms with Crippen LogP contribution in [-0.2, 0) is 4.79 Å². The first kappa shape index (κ1) is 15.1. The normalized spacial score (nSPS) is 24.4. The first-order valence-corrected chi connectivity index (χ1v) is 7.64. The molecule has 6 nitrogen and oxygen atoms in total. The molecule has 20 heavy (non-hydrogen) atoms. The Hall–Kier alpha value is -1.30. The smallest absolute Gasteiger partial charge is 0.326 e. The van der Waals surface area contributed by atoms with Crippen LogP contribution >= 0.6 is 0 Å². The zero-order valence-electron chi connectivity index (χ0n) is 12.1. The molecule has 1 heterocycles. The Morgan fingerprint density at radius 2 is 2.10 bits per heavy atom. The van der Waals surface area contributed by atoms with Gasteiger partial charge < -0.3 is 15.7 Å². The third-order valence-corrected chi connectivity index (χ3v) is 4.07. The van der Waals surface area contributed by atoms with Gasteiger partial charge in [-0.05, 0) is 25.7 Å². The molecule has 0 aromatic heterocycles. The lowest BCUT2D eigenvalue weighted by molar-refractivity contribution is -0.139. The maximum absolute atomic E-state index is 11.9. The highest BCUT2D eigenvalue weighted by atomic mass is 16.4. The number of carbonyl (C=O) groups is 2. The van der Waals surface area contributed by atoms with Crippen LogP contribution < -0.4 is 10.6 Å². The molecule has 0 aromatic rings. The van der Waals surface area contributed by atoms with E-state index in [1.54, 1.807) is 0 Å². The van der Waals surface area contributed by atoms with E-state index in [0.717, 1.165) is 38.4 Å². The van der Waals surface area contributed by atoms with Crippen molar-refractivity contribution in [2.45, 2.75) is 63.6 Å². The van der Waals surface area contributed by atoms with Crippen molar-refractivity contribution in [3.8, 4) is 0 Å². The summed E-state index contributed by atoms with van der Waals surface area (Å²) in [5, 5.41) is 14.5. The van der Waals surface area contributed by atoms with E-state index in [-0.39, 0.29) is 12.1 Å². The molecule has 0 bridgehead atoms. The van der Waals surface area contributed by atoms with Crippen LogP contribution in [0.1, 0.15) is 45.4 Å². The van der Waals surface area contributed by atoms with E-state index in [0.29, 0.717) is 6.42 Å². The second-order valence-electron chi connectivity index (χ2n) is 5.86. The minimum atomic E-state index is -0.959. The van der Waals surface area contributed by atoms with Crippen LogP contribution in [0.5, 0.6) is 0 Å². The summed E-state index contributed by atoms with van der Waals surface area (Å²) in [5.74, 6) is -0.959. The van der Waals surface area contributed by atoms with Gasteiger partial charge in [-0.2, -0.15) is 0 Å². The lowest BCUT2D eigenvalue weighted by Crippen LogP contribution is -2.49. The minimum absolute atomic E-state index is 0.149. The summed E-state index contributed by atoms with van der Waals surface area (Å²) in [5.41, 5.74) is 0. The molecule has 6 heteroatoms. The summed E-state index contributed by atoms with van der Waals surface area (Å²) >= 11 is 0. The number of carboxylic acids is 1. The number of rotatable bonds is 7. The Bertz CT molecular complexity index is 358. The molecule has 2 fully saturated rings. The number of urea groups is 1. The summed E-state index contributed by atoms with van der Waals surface area (Å²) in [6, 6.07) is -0.260. The maximum Gasteiger partial charge on any atom is 0.326 e. The van der Waals surface area contributed by atoms with Crippen molar-refractivity contribution in [1.82, 2.24) is 15.5 Å². The topological polar surface area (TPSA) is 81.7 Å². The van der Waals surface area contributed by atoms with Crippen molar-refractivity contribution in [1.29, 1.82) is 0 Å². The van der Waals surface area contributed by atoms with Crippen molar-refractivity contribution < 1.29 is 14.7 Å². The highest BCUT2D eigenvalue weighted by Gasteiger charge is 2.35. The van der Waals surface area contributed by atoms with Gasteiger partial charge in [0.25, 0.3) is 0 Å². The monoisotopic (exact) mass is 283 g/mol. The molecule has 1 aliphatic carbocycles. The SMILES string of the molecule is CCCCC(NC(=O)NC1CCN(C2CC2)C1)C(=O)O. The molecule has 0 aromatic carbocycles. The molecular weight excluding hydrogens is 258 g/mol. The zero-order chi connectivity index (χ0) is 14.5. The molecule has 0 spiro atoms. The fraction of sp³-hybridized carbons (Fsp3) is 0.857. The van der Waals surface area contributed by atoms with Crippen LogP contribution in [0.25, 0.3) is 0 Å². The lowest BCUT2D eigenvalue weighted by Gasteiger charge is -2.18. The molecule has 1 aliphatic heterocycles. The summed E-state index contributed by atoms with van der Waals surface area (Å²) < 4.78 is 0. The van der Waals surface area contributed by atoms with Gasteiger partial charge in [0.05, 0.1) is 0 Å². The van der Waals surface area contributed by atoms with Crippen molar-refractivity contribution >= 4 is 12.0 Å². The zero-order valence-corrected chi connectivity index (χ0v) is 12.1. The second kappa shape index (κ2) is 6.92. The van der Waals surface area contributed by atoms with Crippen LogP contribution in [0.15, 0.2) is 0 Å². The molecule has 2 aliphatic rings. The molecule has 1 saturated heterocycles. The second-order valence-corrected chi connectivity index (χ2v) is 5.86. The number of nitrogens with one attached hydrogen (secondary N) is 2. The number of likely N-dealkylation sites (tertiary alicyclic amines) is 1. The first-order valence-electron chi connectivity index (χ1n) is 7.64. The van der Waals surface area contributed by atoms with Crippen molar-refractivity contribution in [3.05, 3.63) is 0 Å². The van der Waals surface area contributed by atoms with E-state index in [1.807, 2.05) is 6.92 Å². The summed E-state index contributed by atoms with van der Waals surface area (Å²) in [7, 11) is 0.